The van der Waals surface area contributed by atoms with E-state index in [4.69, 9.17) is 9.47 Å². The first kappa shape index (κ1) is 93.5. The van der Waals surface area contributed by atoms with Gasteiger partial charge in [0.05, 0.1) is 49.4 Å². The Morgan fingerprint density at radius 1 is 0.286 bits per heavy atom. The highest BCUT2D eigenvalue weighted by molar-refractivity contribution is 5.84. The summed E-state index contributed by atoms with van der Waals surface area (Å²) in [5.41, 5.74) is 11.9. The van der Waals surface area contributed by atoms with Crippen LogP contribution in [0, 0.1) is 31.6 Å². The number of hydrogen-bond acceptors (Lipinski definition) is 22. The van der Waals surface area contributed by atoms with Gasteiger partial charge in [-0.15, -0.1) is 0 Å². The molecule has 105 heavy (non-hydrogen) atoms. The third kappa shape index (κ3) is 29.9. The first-order chi connectivity index (χ1) is 49.0. The lowest BCUT2D eigenvalue weighted by molar-refractivity contribution is 0.125. The van der Waals surface area contributed by atoms with Crippen LogP contribution in [0.2, 0.25) is 0 Å². The van der Waals surface area contributed by atoms with E-state index in [0.29, 0.717) is 28.6 Å². The first-order valence-electron chi connectivity index (χ1n) is 36.8. The van der Waals surface area contributed by atoms with Gasteiger partial charge in [-0.3, -0.25) is 0 Å². The number of hydrogen-bond donors (Lipinski definition) is 2. The number of nitrogens with one attached hydrogen (secondary N) is 2. The molecule has 28 heteroatoms. The smallest absolute Gasteiger partial charge is 0.246 e. The van der Waals surface area contributed by atoms with Crippen molar-refractivity contribution in [2.24, 2.45) is 53.1 Å². The van der Waals surface area contributed by atoms with Gasteiger partial charge < -0.3 is 47.5 Å². The van der Waals surface area contributed by atoms with Crippen molar-refractivity contribution in [1.82, 2.24) is 117 Å². The zero-order chi connectivity index (χ0) is 80.9. The Bertz CT molecular complexity index is 4040. The van der Waals surface area contributed by atoms with Gasteiger partial charge in [-0.1, -0.05) is 125 Å². The molecule has 28 nitrogen and oxygen atoms in total. The SMILES string of the molecule is CC.CC.CC.CC.CC.CC.Cc1nc(CC(C)(C)C)c2ncn(C)c2n1.Cc1nc(NC(C)(C)C)c2ncn(C)c2n1.Cc1nc(OC(C)(C)C)c2ncn(C)c2n1.Cn1cnc2c(CC(C)(C)C)ncnc21.Cn1cnc2c(NC(C)(C)C)ncnc21.Cn1cnc2c(OC(C)(C)C)ncnc21. The van der Waals surface area contributed by atoms with Crippen LogP contribution in [-0.4, -0.2) is 139 Å². The predicted octanol–water partition coefficient (Wildman–Crippen LogP) is 17.2. The average Bonchev–Trinajstić information content (AvgIpc) is 1.73. The van der Waals surface area contributed by atoms with Crippen molar-refractivity contribution in [1.29, 1.82) is 0 Å². The minimum absolute atomic E-state index is 0.0290. The molecule has 12 aromatic heterocycles. The highest BCUT2D eigenvalue weighted by Crippen LogP contribution is 2.28. The second-order valence-electron chi connectivity index (χ2n) is 29.5. The van der Waals surface area contributed by atoms with Crippen LogP contribution in [0.25, 0.3) is 67.0 Å². The quantitative estimate of drug-likeness (QED) is 0.156. The topological polar surface area (TPSA) is 304 Å². The van der Waals surface area contributed by atoms with Crippen LogP contribution < -0.4 is 20.1 Å². The van der Waals surface area contributed by atoms with Gasteiger partial charge in [0, 0.05) is 53.4 Å². The Hall–Kier alpha value is -9.50. The number of anilines is 2. The molecule has 12 rings (SSSR count). The van der Waals surface area contributed by atoms with Gasteiger partial charge in [-0.2, -0.15) is 9.97 Å². The van der Waals surface area contributed by atoms with E-state index < -0.39 is 0 Å². The molecule has 0 amide bonds. The summed E-state index contributed by atoms with van der Waals surface area (Å²) >= 11 is 0. The predicted molar refractivity (Wildman–Crippen MR) is 434 cm³/mol. The molecule has 2 N–H and O–H groups in total. The van der Waals surface area contributed by atoms with Crippen LogP contribution in [0.5, 0.6) is 11.8 Å². The van der Waals surface area contributed by atoms with Gasteiger partial charge in [0.15, 0.2) is 56.6 Å². The van der Waals surface area contributed by atoms with Gasteiger partial charge in [0.1, 0.15) is 69.7 Å². The maximum absolute atomic E-state index is 5.78. The van der Waals surface area contributed by atoms with Crippen LogP contribution in [0.4, 0.5) is 11.6 Å². The monoisotopic (exact) mass is 1450 g/mol. The van der Waals surface area contributed by atoms with Crippen LogP contribution >= 0.6 is 0 Å². The van der Waals surface area contributed by atoms with Crippen LogP contribution in [0.3, 0.4) is 0 Å². The molecule has 12 heterocycles. The van der Waals surface area contributed by atoms with E-state index in [0.717, 1.165) is 103 Å². The Labute approximate surface area is 627 Å². The zero-order valence-corrected chi connectivity index (χ0v) is 71.7. The number of aryl methyl sites for hydroxylation is 9. The first-order valence-corrected chi connectivity index (χ1v) is 36.8. The molecular weight excluding hydrogens is 1320 g/mol. The van der Waals surface area contributed by atoms with E-state index >= 15 is 0 Å². The summed E-state index contributed by atoms with van der Waals surface area (Å²) < 4.78 is 22.8. The number of imidazole rings is 6. The fraction of sp³-hybridized carbons (Fsp3) is 0.610. The lowest BCUT2D eigenvalue weighted by Crippen LogP contribution is -2.27. The summed E-state index contributed by atoms with van der Waals surface area (Å²) in [6, 6.07) is 0. The van der Waals surface area contributed by atoms with Gasteiger partial charge in [-0.05, 0) is 128 Å². The highest BCUT2D eigenvalue weighted by Gasteiger charge is 2.23. The average molecular weight is 1450 g/mol. The number of rotatable bonds is 6. The van der Waals surface area contributed by atoms with Gasteiger partial charge in [0.2, 0.25) is 11.8 Å². The molecule has 0 aliphatic heterocycles. The number of nitrogens with zero attached hydrogens (tertiary/aromatic N) is 24. The Kier molecular flexibility index (Phi) is 37.3. The van der Waals surface area contributed by atoms with Crippen molar-refractivity contribution >= 4 is 78.6 Å². The molecular formula is C77H132N26O2. The molecule has 0 saturated heterocycles. The summed E-state index contributed by atoms with van der Waals surface area (Å²) in [4.78, 5) is 77.3. The molecule has 582 valence electrons. The summed E-state index contributed by atoms with van der Waals surface area (Å²) in [5.74, 6) is 4.93. The minimum Gasteiger partial charge on any atom is -0.470 e. The molecule has 0 aliphatic rings. The van der Waals surface area contributed by atoms with Gasteiger partial charge in [-0.25, -0.2) is 79.7 Å². The van der Waals surface area contributed by atoms with Crippen LogP contribution in [0.1, 0.15) is 237 Å². The molecule has 0 radical (unpaired) electrons. The minimum atomic E-state index is -0.286. The molecule has 12 aromatic rings. The van der Waals surface area contributed by atoms with E-state index in [1.165, 1.54) is 6.33 Å². The molecule has 0 saturated carbocycles. The van der Waals surface area contributed by atoms with Crippen LogP contribution in [0.15, 0.2) is 56.9 Å². The maximum Gasteiger partial charge on any atom is 0.246 e. The maximum atomic E-state index is 5.78. The van der Waals surface area contributed by atoms with Crippen LogP contribution in [-0.2, 0) is 55.1 Å². The molecule has 0 bridgehead atoms. The van der Waals surface area contributed by atoms with Crippen molar-refractivity contribution in [2.45, 2.75) is 264 Å². The number of ether oxygens (including phenoxy) is 2. The third-order valence-corrected chi connectivity index (χ3v) is 12.8. The fourth-order valence-electron chi connectivity index (χ4n) is 9.12. The highest BCUT2D eigenvalue weighted by atomic mass is 16.5. The second kappa shape index (κ2) is 41.9. The molecule has 0 aromatic carbocycles. The third-order valence-electron chi connectivity index (χ3n) is 12.8. The molecule has 0 spiro atoms. The normalized spacial score (nSPS) is 11.1. The summed E-state index contributed by atoms with van der Waals surface area (Å²) in [6.07, 6.45) is 17.0. The molecule has 0 fully saturated rings. The summed E-state index contributed by atoms with van der Waals surface area (Å²) in [5, 5.41) is 6.66. The lowest BCUT2D eigenvalue weighted by Gasteiger charge is -2.21. The van der Waals surface area contributed by atoms with E-state index in [2.05, 4.69) is 183 Å². The number of aromatic nitrogens is 24. The molecule has 0 unspecified atom stereocenters. The summed E-state index contributed by atoms with van der Waals surface area (Å²) in [7, 11) is 11.6. The Morgan fingerprint density at radius 2 is 0.571 bits per heavy atom. The lowest BCUT2D eigenvalue weighted by atomic mass is 9.90. The Morgan fingerprint density at radius 3 is 0.990 bits per heavy atom. The van der Waals surface area contributed by atoms with E-state index in [1.54, 1.807) is 50.6 Å². The molecule has 0 aliphatic carbocycles. The summed E-state index contributed by atoms with van der Waals surface area (Å²) in [6.45, 7) is 67.3. The van der Waals surface area contributed by atoms with Crippen molar-refractivity contribution in [3.05, 3.63) is 85.8 Å². The van der Waals surface area contributed by atoms with Gasteiger partial charge >= 0.3 is 0 Å². The molecule has 0 atom stereocenters. The van der Waals surface area contributed by atoms with Crippen molar-refractivity contribution in [3.8, 4) is 11.8 Å². The largest absolute Gasteiger partial charge is 0.470 e. The van der Waals surface area contributed by atoms with E-state index in [9.17, 15) is 0 Å². The van der Waals surface area contributed by atoms with Crippen molar-refractivity contribution in [2.75, 3.05) is 10.6 Å². The number of fused-ring (bicyclic) bond motifs is 6. The van der Waals surface area contributed by atoms with E-state index in [-0.39, 0.29) is 33.1 Å². The fourth-order valence-corrected chi connectivity index (χ4v) is 9.12. The van der Waals surface area contributed by atoms with E-state index in [1.807, 2.05) is 215 Å². The van der Waals surface area contributed by atoms with Gasteiger partial charge in [0.25, 0.3) is 0 Å². The van der Waals surface area contributed by atoms with Crippen molar-refractivity contribution < 1.29 is 9.47 Å². The zero-order valence-electron chi connectivity index (χ0n) is 71.7. The van der Waals surface area contributed by atoms with Crippen molar-refractivity contribution in [3.63, 3.8) is 0 Å². The second-order valence-corrected chi connectivity index (χ2v) is 29.5. The standard InChI is InChI=1S/C12H18N4.C11H17N5.C11H16N4O.C11H16N4.C10H15N5.C10H14N4O.6C2H6/c1-8-14-9(6-12(2,3)4)10-11(15-8)16(5)7-13-10;1-7-13-9(15-11(2,3)4)8-10(14-7)16(5)6-12-8;1-7-13-9-8(12-6-15(9)5)10(14-7)16-11(2,3)4;1-11(2,3)5-8-9-10(13-6-12-8)15(4)7-14-9;1-10(2,3)14-8-7-9(12-5-11-8)15(4)6-13-7;1-10(2,3)15-9-7-8(11-5-12-9)14(4)6-13-7;6*1-2/h7H,6H2,1-5H3;6H,1-5H3,(H,13,14,15);6H,1-5H3;6-7H,5H2,1-4H3;5-6H,1-4H3,(H,11,12,14);5-6H,1-4H3;6*1-2H3. The Balaban J connectivity index is 0.000000611.